The van der Waals surface area contributed by atoms with Crippen LogP contribution in [-0.4, -0.2) is 14.3 Å². The Morgan fingerprint density at radius 1 is 1.00 bits per heavy atom. The molecule has 0 saturated heterocycles. The van der Waals surface area contributed by atoms with E-state index in [2.05, 4.69) is 5.32 Å². The number of sulfone groups is 1. The van der Waals surface area contributed by atoms with Gasteiger partial charge in [0.05, 0.1) is 4.90 Å². The molecule has 7 heteroatoms. The van der Waals surface area contributed by atoms with E-state index in [1.54, 1.807) is 6.07 Å². The molecule has 26 heavy (non-hydrogen) atoms. The third kappa shape index (κ3) is 3.66. The van der Waals surface area contributed by atoms with Crippen molar-refractivity contribution >= 4 is 33.0 Å². The molecule has 5 nitrogen and oxygen atoms in total. The van der Waals surface area contributed by atoms with Gasteiger partial charge in [0.15, 0.2) is 5.76 Å². The minimum Gasteiger partial charge on any atom is -0.439 e. The lowest BCUT2D eigenvalue weighted by molar-refractivity contribution is 0.0991. The van der Waals surface area contributed by atoms with Crippen molar-refractivity contribution in [3.05, 3.63) is 76.5 Å². The van der Waals surface area contributed by atoms with Crippen molar-refractivity contribution in [1.29, 1.82) is 0 Å². The summed E-state index contributed by atoms with van der Waals surface area (Å²) in [5.74, 6) is -0.605. The Hall–Kier alpha value is -2.57. The lowest BCUT2D eigenvalue weighted by atomic mass is 10.1. The number of aryl methyl sites for hydroxylation is 2. The second kappa shape index (κ2) is 6.97. The highest BCUT2D eigenvalue weighted by Gasteiger charge is 2.23. The van der Waals surface area contributed by atoms with E-state index in [0.717, 1.165) is 11.1 Å². The van der Waals surface area contributed by atoms with E-state index in [-0.39, 0.29) is 15.7 Å². The molecular weight excluding hydrogens is 374 g/mol. The summed E-state index contributed by atoms with van der Waals surface area (Å²) in [6, 6.07) is 13.9. The molecule has 3 rings (SSSR count). The zero-order chi connectivity index (χ0) is 18.9. The number of hydrogen-bond donors (Lipinski definition) is 1. The fraction of sp³-hybridized carbons (Fsp3) is 0.105. The second-order valence-electron chi connectivity index (χ2n) is 5.85. The van der Waals surface area contributed by atoms with Crippen LogP contribution in [0.3, 0.4) is 0 Å². The molecule has 0 aliphatic carbocycles. The lowest BCUT2D eigenvalue weighted by Crippen LogP contribution is -2.12. The van der Waals surface area contributed by atoms with Crippen LogP contribution in [0.25, 0.3) is 0 Å². The first-order valence-electron chi connectivity index (χ1n) is 7.76. The van der Waals surface area contributed by atoms with Crippen LogP contribution in [0.5, 0.6) is 0 Å². The van der Waals surface area contributed by atoms with Gasteiger partial charge in [-0.2, -0.15) is 0 Å². The van der Waals surface area contributed by atoms with Gasteiger partial charge in [0.1, 0.15) is 0 Å². The smallest absolute Gasteiger partial charge is 0.291 e. The average molecular weight is 390 g/mol. The van der Waals surface area contributed by atoms with Crippen LogP contribution >= 0.6 is 11.6 Å². The number of anilines is 1. The Kier molecular flexibility index (Phi) is 4.89. The van der Waals surface area contributed by atoms with Crippen molar-refractivity contribution < 1.29 is 17.6 Å². The lowest BCUT2D eigenvalue weighted by Gasteiger charge is -2.07. The van der Waals surface area contributed by atoms with Crippen molar-refractivity contribution in [3.63, 3.8) is 0 Å². The summed E-state index contributed by atoms with van der Waals surface area (Å²) in [6.45, 7) is 3.83. The fourth-order valence-electron chi connectivity index (χ4n) is 2.45. The molecule has 0 saturated carbocycles. The van der Waals surface area contributed by atoms with Gasteiger partial charge in [0.25, 0.3) is 5.91 Å². The maximum Gasteiger partial charge on any atom is 0.291 e. The first kappa shape index (κ1) is 18.2. The van der Waals surface area contributed by atoms with Crippen LogP contribution < -0.4 is 5.32 Å². The van der Waals surface area contributed by atoms with E-state index in [9.17, 15) is 13.2 Å². The SMILES string of the molecule is Cc1ccc(NC(=O)c2ccc(S(=O)(=O)c3ccc(Cl)cc3)o2)c(C)c1. The maximum atomic E-state index is 12.6. The summed E-state index contributed by atoms with van der Waals surface area (Å²) >= 11 is 5.78. The topological polar surface area (TPSA) is 76.4 Å². The Morgan fingerprint density at radius 2 is 1.69 bits per heavy atom. The monoisotopic (exact) mass is 389 g/mol. The number of hydrogen-bond acceptors (Lipinski definition) is 4. The number of carbonyl (C=O) groups excluding carboxylic acids is 1. The van der Waals surface area contributed by atoms with E-state index < -0.39 is 15.7 Å². The van der Waals surface area contributed by atoms with Crippen LogP contribution in [0.15, 0.2) is 69.0 Å². The third-order valence-corrected chi connectivity index (χ3v) is 5.72. The quantitative estimate of drug-likeness (QED) is 0.705. The highest BCUT2D eigenvalue weighted by Crippen LogP contribution is 2.25. The number of furan rings is 1. The molecule has 0 aliphatic heterocycles. The van der Waals surface area contributed by atoms with Crippen molar-refractivity contribution in [3.8, 4) is 0 Å². The van der Waals surface area contributed by atoms with Crippen molar-refractivity contribution in [2.24, 2.45) is 0 Å². The number of carbonyl (C=O) groups is 1. The molecule has 0 aliphatic rings. The number of rotatable bonds is 4. The number of nitrogens with one attached hydrogen (secondary N) is 1. The molecule has 0 fully saturated rings. The van der Waals surface area contributed by atoms with Crippen LogP contribution in [0, 0.1) is 13.8 Å². The maximum absolute atomic E-state index is 12.6. The van der Waals surface area contributed by atoms with Crippen LogP contribution in [0.2, 0.25) is 5.02 Å². The van der Waals surface area contributed by atoms with Gasteiger partial charge >= 0.3 is 0 Å². The molecule has 1 amide bonds. The van der Waals surface area contributed by atoms with E-state index in [4.69, 9.17) is 16.0 Å². The van der Waals surface area contributed by atoms with Gasteiger partial charge < -0.3 is 9.73 Å². The third-order valence-electron chi connectivity index (χ3n) is 3.82. The molecule has 0 spiro atoms. The minimum atomic E-state index is -3.86. The average Bonchev–Trinajstić information content (AvgIpc) is 3.09. The molecule has 3 aromatic rings. The molecule has 0 atom stereocenters. The summed E-state index contributed by atoms with van der Waals surface area (Å²) in [7, 11) is -3.86. The van der Waals surface area contributed by atoms with Gasteiger partial charge in [-0.1, -0.05) is 29.3 Å². The van der Waals surface area contributed by atoms with Crippen molar-refractivity contribution in [2.75, 3.05) is 5.32 Å². The molecule has 134 valence electrons. The Labute approximate surface area is 156 Å². The number of halogens is 1. The van der Waals surface area contributed by atoms with Gasteiger partial charge in [-0.3, -0.25) is 4.79 Å². The van der Waals surface area contributed by atoms with Crippen molar-refractivity contribution in [1.82, 2.24) is 0 Å². The van der Waals surface area contributed by atoms with Crippen LogP contribution in [0.4, 0.5) is 5.69 Å². The van der Waals surface area contributed by atoms with Crippen molar-refractivity contribution in [2.45, 2.75) is 23.8 Å². The van der Waals surface area contributed by atoms with Gasteiger partial charge in [-0.15, -0.1) is 0 Å². The Balaban J connectivity index is 1.85. The summed E-state index contributed by atoms with van der Waals surface area (Å²) < 4.78 is 30.4. The molecule has 1 N–H and O–H groups in total. The van der Waals surface area contributed by atoms with E-state index in [1.165, 1.54) is 36.4 Å². The number of amides is 1. The van der Waals surface area contributed by atoms with E-state index in [0.29, 0.717) is 10.7 Å². The standard InChI is InChI=1S/C19H16ClNO4S/c1-12-3-8-16(13(2)11-12)21-19(22)17-9-10-18(25-17)26(23,24)15-6-4-14(20)5-7-15/h3-11H,1-2H3,(H,21,22). The summed E-state index contributed by atoms with van der Waals surface area (Å²) in [6.07, 6.45) is 0. The zero-order valence-corrected chi connectivity index (χ0v) is 15.7. The zero-order valence-electron chi connectivity index (χ0n) is 14.1. The molecule has 2 aromatic carbocycles. The van der Waals surface area contributed by atoms with Crippen LogP contribution in [-0.2, 0) is 9.84 Å². The van der Waals surface area contributed by atoms with Crippen LogP contribution in [0.1, 0.15) is 21.7 Å². The minimum absolute atomic E-state index is 0.0394. The first-order chi connectivity index (χ1) is 12.3. The largest absolute Gasteiger partial charge is 0.439 e. The first-order valence-corrected chi connectivity index (χ1v) is 9.62. The molecule has 0 bridgehead atoms. The van der Waals surface area contributed by atoms with Gasteiger partial charge in [-0.05, 0) is 61.9 Å². The number of benzene rings is 2. The predicted octanol–water partition coefficient (Wildman–Crippen LogP) is 4.63. The molecule has 1 heterocycles. The highest BCUT2D eigenvalue weighted by atomic mass is 35.5. The summed E-state index contributed by atoms with van der Waals surface area (Å²) in [5, 5.41) is 2.85. The molecule has 0 radical (unpaired) electrons. The van der Waals surface area contributed by atoms with Gasteiger partial charge in [0, 0.05) is 10.7 Å². The van der Waals surface area contributed by atoms with Gasteiger partial charge in [-0.25, -0.2) is 8.42 Å². The highest BCUT2D eigenvalue weighted by molar-refractivity contribution is 7.91. The molecular formula is C19H16ClNO4S. The molecule has 1 aromatic heterocycles. The Bertz CT molecular complexity index is 1070. The summed E-state index contributed by atoms with van der Waals surface area (Å²) in [5.41, 5.74) is 2.62. The predicted molar refractivity (Wildman–Crippen MR) is 99.5 cm³/mol. The summed E-state index contributed by atoms with van der Waals surface area (Å²) in [4.78, 5) is 12.4. The molecule has 0 unspecified atom stereocenters. The van der Waals surface area contributed by atoms with E-state index >= 15 is 0 Å². The fourth-order valence-corrected chi connectivity index (χ4v) is 3.75. The van der Waals surface area contributed by atoms with E-state index in [1.807, 2.05) is 26.0 Å². The van der Waals surface area contributed by atoms with Gasteiger partial charge in [0.2, 0.25) is 14.9 Å². The second-order valence-corrected chi connectivity index (χ2v) is 8.17. The Morgan fingerprint density at radius 3 is 2.35 bits per heavy atom. The normalized spacial score (nSPS) is 11.3.